The molecule has 29 heavy (non-hydrogen) atoms. The van der Waals surface area contributed by atoms with Gasteiger partial charge in [-0.05, 0) is 44.5 Å². The van der Waals surface area contributed by atoms with Gasteiger partial charge in [0, 0.05) is 24.5 Å². The molecule has 0 radical (unpaired) electrons. The van der Waals surface area contributed by atoms with Crippen LogP contribution in [0.4, 0.5) is 5.69 Å². The Kier molecular flexibility index (Phi) is 8.45. The molecule has 1 aliphatic heterocycles. The number of benzene rings is 1. The van der Waals surface area contributed by atoms with Gasteiger partial charge >= 0.3 is 0 Å². The molecule has 0 unspecified atom stereocenters. The van der Waals surface area contributed by atoms with Crippen LogP contribution in [-0.2, 0) is 10.5 Å². The smallest absolute Gasteiger partial charge is 0.286 e. The van der Waals surface area contributed by atoms with E-state index in [4.69, 9.17) is 0 Å². The number of amides is 2. The van der Waals surface area contributed by atoms with Crippen molar-refractivity contribution in [2.75, 3.05) is 37.2 Å². The average Bonchev–Trinajstić information content (AvgIpc) is 3.20. The highest BCUT2D eigenvalue weighted by atomic mass is 32.2. The first-order chi connectivity index (χ1) is 14.1. The first kappa shape index (κ1) is 21.7. The number of thioether (sulfide) groups is 1. The van der Waals surface area contributed by atoms with Gasteiger partial charge in [0.25, 0.3) is 5.91 Å². The lowest BCUT2D eigenvalue weighted by atomic mass is 10.1. The van der Waals surface area contributed by atoms with Crippen molar-refractivity contribution in [1.29, 1.82) is 0 Å². The summed E-state index contributed by atoms with van der Waals surface area (Å²) in [6.07, 6.45) is 3.84. The second kappa shape index (κ2) is 11.3. The molecule has 1 aromatic heterocycles. The van der Waals surface area contributed by atoms with Gasteiger partial charge in [0.2, 0.25) is 10.9 Å². The Balaban J connectivity index is 1.35. The number of hydrogen-bond acceptors (Lipinski definition) is 7. The van der Waals surface area contributed by atoms with Crippen molar-refractivity contribution in [2.45, 2.75) is 31.9 Å². The third kappa shape index (κ3) is 7.09. The largest absolute Gasteiger partial charge is 0.354 e. The minimum absolute atomic E-state index is 0.0362. The van der Waals surface area contributed by atoms with E-state index in [2.05, 4.69) is 25.7 Å². The molecule has 0 saturated carbocycles. The maximum Gasteiger partial charge on any atom is 0.286 e. The fourth-order valence-corrected chi connectivity index (χ4v) is 4.75. The van der Waals surface area contributed by atoms with Crippen molar-refractivity contribution >= 4 is 40.6 Å². The highest BCUT2D eigenvalue weighted by Gasteiger charge is 2.14. The van der Waals surface area contributed by atoms with Gasteiger partial charge in [0.15, 0.2) is 0 Å². The number of aromatic nitrogens is 2. The Morgan fingerprint density at radius 1 is 1.17 bits per heavy atom. The summed E-state index contributed by atoms with van der Waals surface area (Å²) in [6, 6.07) is 7.60. The molecule has 0 spiro atoms. The number of carbonyl (C=O) groups is 2. The Morgan fingerprint density at radius 2 is 1.97 bits per heavy atom. The van der Waals surface area contributed by atoms with Crippen molar-refractivity contribution < 1.29 is 9.59 Å². The van der Waals surface area contributed by atoms with E-state index in [-0.39, 0.29) is 11.8 Å². The van der Waals surface area contributed by atoms with Gasteiger partial charge in [-0.1, -0.05) is 36.0 Å². The van der Waals surface area contributed by atoms with Crippen molar-refractivity contribution in [3.05, 3.63) is 39.8 Å². The molecule has 7 nitrogen and oxygen atoms in total. The third-order valence-corrected chi connectivity index (χ3v) is 6.76. The molecule has 2 aromatic rings. The first-order valence-electron chi connectivity index (χ1n) is 9.88. The molecule has 0 aliphatic carbocycles. The van der Waals surface area contributed by atoms with E-state index >= 15 is 0 Å². The number of rotatable bonds is 9. The maximum absolute atomic E-state index is 12.3. The van der Waals surface area contributed by atoms with Crippen LogP contribution in [-0.4, -0.2) is 58.8 Å². The van der Waals surface area contributed by atoms with E-state index in [0.717, 1.165) is 35.9 Å². The number of nitrogens with zero attached hydrogens (tertiary/aromatic N) is 3. The monoisotopic (exact) mass is 433 g/mol. The fourth-order valence-electron chi connectivity index (χ4n) is 3.11. The van der Waals surface area contributed by atoms with E-state index in [1.165, 1.54) is 42.4 Å². The third-order valence-electron chi connectivity index (χ3n) is 4.71. The molecule has 1 aromatic carbocycles. The van der Waals surface area contributed by atoms with Gasteiger partial charge < -0.3 is 15.5 Å². The predicted molar refractivity (Wildman–Crippen MR) is 119 cm³/mol. The number of para-hydroxylation sites is 1. The summed E-state index contributed by atoms with van der Waals surface area (Å²) in [5.74, 6) is 0.719. The molecule has 3 rings (SSSR count). The Bertz CT molecular complexity index is 821. The number of hydrogen-bond donors (Lipinski definition) is 2. The second-order valence-corrected chi connectivity index (χ2v) is 9.06. The molecule has 1 fully saturated rings. The van der Waals surface area contributed by atoms with Crippen molar-refractivity contribution in [3.63, 3.8) is 0 Å². The lowest BCUT2D eigenvalue weighted by Crippen LogP contribution is -2.38. The number of piperidine rings is 1. The molecule has 0 atom stereocenters. The first-order valence-corrected chi connectivity index (χ1v) is 11.8. The summed E-state index contributed by atoms with van der Waals surface area (Å²) < 4.78 is 0. The van der Waals surface area contributed by atoms with Crippen LogP contribution in [0.1, 0.15) is 39.6 Å². The van der Waals surface area contributed by atoms with Crippen LogP contribution in [0.3, 0.4) is 0 Å². The number of carbonyl (C=O) groups excluding carboxylic acids is 2. The lowest BCUT2D eigenvalue weighted by molar-refractivity contribution is -0.118. The minimum atomic E-state index is -0.261. The predicted octanol–water partition coefficient (Wildman–Crippen LogP) is 2.93. The SMILES string of the molecule is Cc1ccccc1NC(=O)c1nnc(CSCC(=O)NCCN2CCCCC2)s1. The van der Waals surface area contributed by atoms with Crippen LogP contribution in [0.15, 0.2) is 24.3 Å². The van der Waals surface area contributed by atoms with Gasteiger partial charge in [-0.3, -0.25) is 9.59 Å². The van der Waals surface area contributed by atoms with E-state index < -0.39 is 0 Å². The number of likely N-dealkylation sites (tertiary alicyclic amines) is 1. The van der Waals surface area contributed by atoms with Gasteiger partial charge in [-0.25, -0.2) is 0 Å². The van der Waals surface area contributed by atoms with Crippen LogP contribution in [0.2, 0.25) is 0 Å². The van der Waals surface area contributed by atoms with Gasteiger partial charge in [0.1, 0.15) is 5.01 Å². The molecule has 9 heteroatoms. The molecule has 2 amide bonds. The number of anilines is 1. The molecule has 2 heterocycles. The molecular weight excluding hydrogens is 406 g/mol. The zero-order valence-electron chi connectivity index (χ0n) is 16.6. The Labute approximate surface area is 179 Å². The van der Waals surface area contributed by atoms with E-state index in [1.54, 1.807) is 0 Å². The van der Waals surface area contributed by atoms with Gasteiger partial charge in [0.05, 0.1) is 5.75 Å². The van der Waals surface area contributed by atoms with Crippen molar-refractivity contribution in [1.82, 2.24) is 20.4 Å². The van der Waals surface area contributed by atoms with Gasteiger partial charge in [-0.2, -0.15) is 0 Å². The minimum Gasteiger partial charge on any atom is -0.354 e. The summed E-state index contributed by atoms with van der Waals surface area (Å²) in [7, 11) is 0. The van der Waals surface area contributed by atoms with Crippen molar-refractivity contribution in [3.8, 4) is 0 Å². The molecular formula is C20H27N5O2S2. The zero-order valence-corrected chi connectivity index (χ0v) is 18.3. The molecule has 2 N–H and O–H groups in total. The Hall–Kier alpha value is -1.97. The summed E-state index contributed by atoms with van der Waals surface area (Å²) in [6.45, 7) is 5.84. The maximum atomic E-state index is 12.3. The second-order valence-electron chi connectivity index (χ2n) is 7.02. The zero-order chi connectivity index (χ0) is 20.5. The van der Waals surface area contributed by atoms with Crippen LogP contribution < -0.4 is 10.6 Å². The van der Waals surface area contributed by atoms with Crippen LogP contribution in [0.25, 0.3) is 0 Å². The van der Waals surface area contributed by atoms with Crippen LogP contribution in [0.5, 0.6) is 0 Å². The lowest BCUT2D eigenvalue weighted by Gasteiger charge is -2.26. The molecule has 0 bridgehead atoms. The van der Waals surface area contributed by atoms with Crippen molar-refractivity contribution in [2.24, 2.45) is 0 Å². The highest BCUT2D eigenvalue weighted by molar-refractivity contribution is 7.99. The Morgan fingerprint density at radius 3 is 2.76 bits per heavy atom. The summed E-state index contributed by atoms with van der Waals surface area (Å²) in [5.41, 5.74) is 1.76. The van der Waals surface area contributed by atoms with E-state index in [0.29, 0.717) is 23.1 Å². The molecule has 1 saturated heterocycles. The highest BCUT2D eigenvalue weighted by Crippen LogP contribution is 2.19. The fraction of sp³-hybridized carbons (Fsp3) is 0.500. The van der Waals surface area contributed by atoms with Gasteiger partial charge in [-0.15, -0.1) is 22.0 Å². The normalized spacial score (nSPS) is 14.5. The molecule has 1 aliphatic rings. The van der Waals surface area contributed by atoms with Crippen LogP contribution in [0, 0.1) is 6.92 Å². The molecule has 156 valence electrons. The van der Waals surface area contributed by atoms with Crippen LogP contribution >= 0.6 is 23.1 Å². The standard InChI is InChI=1S/C20H27N5O2S2/c1-15-7-3-4-8-16(15)22-19(27)20-24-23-18(29-20)14-28-13-17(26)21-9-12-25-10-5-2-6-11-25/h3-4,7-8H,2,5-6,9-14H2,1H3,(H,21,26)(H,22,27). The van der Waals surface area contributed by atoms with E-state index in [9.17, 15) is 9.59 Å². The summed E-state index contributed by atoms with van der Waals surface area (Å²) in [5, 5.41) is 15.0. The number of aryl methyl sites for hydroxylation is 1. The summed E-state index contributed by atoms with van der Waals surface area (Å²) in [4.78, 5) is 26.7. The van der Waals surface area contributed by atoms with E-state index in [1.807, 2.05) is 31.2 Å². The number of nitrogens with one attached hydrogen (secondary N) is 2. The topological polar surface area (TPSA) is 87.2 Å². The summed E-state index contributed by atoms with van der Waals surface area (Å²) >= 11 is 2.74. The average molecular weight is 434 g/mol. The quantitative estimate of drug-likeness (QED) is 0.632.